The third-order valence-corrected chi connectivity index (χ3v) is 3.30. The van der Waals surface area contributed by atoms with E-state index in [2.05, 4.69) is 20.9 Å². The van der Waals surface area contributed by atoms with Crippen molar-refractivity contribution in [1.82, 2.24) is 4.98 Å². The standard InChI is InChI=1S/C14H11BrF2N2O/c15-9-1-2-19-13(6-9)12(14(18)20)5-8-3-10(16)7-11(17)4-8/h1-4,6-7,12H,5H2,(H2,18,20). The summed E-state index contributed by atoms with van der Waals surface area (Å²) >= 11 is 3.28. The third kappa shape index (κ3) is 3.60. The maximum absolute atomic E-state index is 13.2. The summed E-state index contributed by atoms with van der Waals surface area (Å²) in [4.78, 5) is 15.6. The van der Waals surface area contributed by atoms with Gasteiger partial charge in [0.15, 0.2) is 0 Å². The molecule has 1 heterocycles. The predicted molar refractivity (Wildman–Crippen MR) is 73.9 cm³/mol. The first kappa shape index (κ1) is 14.6. The molecule has 2 aromatic rings. The van der Waals surface area contributed by atoms with Gasteiger partial charge in [-0.15, -0.1) is 0 Å². The molecule has 20 heavy (non-hydrogen) atoms. The molecule has 0 aliphatic carbocycles. The first-order valence-electron chi connectivity index (χ1n) is 5.81. The van der Waals surface area contributed by atoms with Crippen molar-refractivity contribution in [2.45, 2.75) is 12.3 Å². The average molecular weight is 341 g/mol. The van der Waals surface area contributed by atoms with Gasteiger partial charge in [-0.3, -0.25) is 9.78 Å². The summed E-state index contributed by atoms with van der Waals surface area (Å²) in [6.07, 6.45) is 1.62. The third-order valence-electron chi connectivity index (χ3n) is 2.81. The lowest BCUT2D eigenvalue weighted by atomic mass is 9.95. The molecule has 3 nitrogen and oxygen atoms in total. The summed E-state index contributed by atoms with van der Waals surface area (Å²) in [5, 5.41) is 0. The van der Waals surface area contributed by atoms with Crippen LogP contribution in [0.15, 0.2) is 41.0 Å². The van der Waals surface area contributed by atoms with Crippen LogP contribution in [0, 0.1) is 11.6 Å². The van der Waals surface area contributed by atoms with Crippen LogP contribution in [0.1, 0.15) is 17.2 Å². The Balaban J connectivity index is 2.33. The van der Waals surface area contributed by atoms with Gasteiger partial charge in [0.1, 0.15) is 11.6 Å². The van der Waals surface area contributed by atoms with E-state index in [-0.39, 0.29) is 6.42 Å². The van der Waals surface area contributed by atoms with Crippen LogP contribution in [0.2, 0.25) is 0 Å². The van der Waals surface area contributed by atoms with Crippen molar-refractivity contribution in [2.75, 3.05) is 0 Å². The zero-order valence-corrected chi connectivity index (χ0v) is 11.9. The van der Waals surface area contributed by atoms with Gasteiger partial charge in [-0.25, -0.2) is 8.78 Å². The average Bonchev–Trinajstić information content (AvgIpc) is 2.34. The van der Waals surface area contributed by atoms with Crippen molar-refractivity contribution >= 4 is 21.8 Å². The molecule has 0 saturated heterocycles. The lowest BCUT2D eigenvalue weighted by Crippen LogP contribution is -2.24. The van der Waals surface area contributed by atoms with Crippen molar-refractivity contribution in [1.29, 1.82) is 0 Å². The second-order valence-electron chi connectivity index (χ2n) is 4.34. The minimum absolute atomic E-state index is 0.0907. The van der Waals surface area contributed by atoms with Gasteiger partial charge in [0.25, 0.3) is 0 Å². The molecule has 0 aliphatic rings. The number of nitrogens with zero attached hydrogens (tertiary/aromatic N) is 1. The van der Waals surface area contributed by atoms with Gasteiger partial charge in [-0.1, -0.05) is 15.9 Å². The van der Waals surface area contributed by atoms with Crippen LogP contribution in [0.3, 0.4) is 0 Å². The zero-order valence-electron chi connectivity index (χ0n) is 10.3. The molecule has 0 spiro atoms. The van der Waals surface area contributed by atoms with E-state index in [1.807, 2.05) is 0 Å². The van der Waals surface area contributed by atoms with E-state index in [9.17, 15) is 13.6 Å². The van der Waals surface area contributed by atoms with Crippen molar-refractivity contribution in [2.24, 2.45) is 5.73 Å². The van der Waals surface area contributed by atoms with Gasteiger partial charge in [0, 0.05) is 16.7 Å². The monoisotopic (exact) mass is 340 g/mol. The molecule has 2 rings (SSSR count). The summed E-state index contributed by atoms with van der Waals surface area (Å²) in [6.45, 7) is 0. The van der Waals surface area contributed by atoms with Gasteiger partial charge in [-0.2, -0.15) is 0 Å². The predicted octanol–water partition coefficient (Wildman–Crippen LogP) is 2.93. The van der Waals surface area contributed by atoms with Gasteiger partial charge >= 0.3 is 0 Å². The fourth-order valence-corrected chi connectivity index (χ4v) is 2.28. The topological polar surface area (TPSA) is 56.0 Å². The SMILES string of the molecule is NC(=O)C(Cc1cc(F)cc(F)c1)c1cc(Br)ccn1. The molecule has 104 valence electrons. The lowest BCUT2D eigenvalue weighted by Gasteiger charge is -2.13. The lowest BCUT2D eigenvalue weighted by molar-refractivity contribution is -0.119. The van der Waals surface area contributed by atoms with Crippen molar-refractivity contribution < 1.29 is 13.6 Å². The highest BCUT2D eigenvalue weighted by Crippen LogP contribution is 2.22. The van der Waals surface area contributed by atoms with E-state index in [1.54, 1.807) is 12.1 Å². The maximum Gasteiger partial charge on any atom is 0.226 e. The van der Waals surface area contributed by atoms with Crippen LogP contribution in [0.25, 0.3) is 0 Å². The fourth-order valence-electron chi connectivity index (χ4n) is 1.93. The molecular formula is C14H11BrF2N2O. The molecule has 0 aliphatic heterocycles. The Bertz CT molecular complexity index is 629. The highest BCUT2D eigenvalue weighted by atomic mass is 79.9. The molecule has 0 saturated carbocycles. The number of aromatic nitrogens is 1. The van der Waals surface area contributed by atoms with Crippen molar-refractivity contribution in [3.05, 3.63) is 63.9 Å². The summed E-state index contributed by atoms with van der Waals surface area (Å²) < 4.78 is 27.1. The van der Waals surface area contributed by atoms with Gasteiger partial charge in [0.05, 0.1) is 11.6 Å². The minimum Gasteiger partial charge on any atom is -0.369 e. The van der Waals surface area contributed by atoms with Crippen LogP contribution in [-0.4, -0.2) is 10.9 Å². The Kier molecular flexibility index (Phi) is 4.44. The number of primary amides is 1. The van der Waals surface area contributed by atoms with Crippen molar-refractivity contribution in [3.8, 4) is 0 Å². The zero-order chi connectivity index (χ0) is 14.7. The number of hydrogen-bond donors (Lipinski definition) is 1. The quantitative estimate of drug-likeness (QED) is 0.930. The van der Waals surface area contributed by atoms with E-state index in [1.165, 1.54) is 18.3 Å². The van der Waals surface area contributed by atoms with Gasteiger partial charge in [-0.05, 0) is 36.2 Å². The second-order valence-corrected chi connectivity index (χ2v) is 5.25. The molecule has 1 atom stereocenters. The number of carbonyl (C=O) groups excluding carboxylic acids is 1. The largest absolute Gasteiger partial charge is 0.369 e. The molecule has 1 unspecified atom stereocenters. The molecule has 1 aromatic heterocycles. The van der Waals surface area contributed by atoms with Crippen LogP contribution < -0.4 is 5.73 Å². The number of amides is 1. The first-order valence-corrected chi connectivity index (χ1v) is 6.61. The van der Waals surface area contributed by atoms with E-state index in [0.717, 1.165) is 10.5 Å². The number of rotatable bonds is 4. The molecule has 1 amide bonds. The smallest absolute Gasteiger partial charge is 0.226 e. The Morgan fingerprint density at radius 3 is 2.45 bits per heavy atom. The van der Waals surface area contributed by atoms with Gasteiger partial charge in [0.2, 0.25) is 5.91 Å². The summed E-state index contributed by atoms with van der Waals surface area (Å²) in [5.74, 6) is -2.72. The van der Waals surface area contributed by atoms with Crippen LogP contribution in [0.5, 0.6) is 0 Å². The number of hydrogen-bond acceptors (Lipinski definition) is 2. The summed E-state index contributed by atoms with van der Waals surface area (Å²) in [7, 11) is 0. The van der Waals surface area contributed by atoms with Crippen molar-refractivity contribution in [3.63, 3.8) is 0 Å². The Hall–Kier alpha value is -1.82. The van der Waals surface area contributed by atoms with Crippen LogP contribution in [-0.2, 0) is 11.2 Å². The van der Waals surface area contributed by atoms with Crippen LogP contribution >= 0.6 is 15.9 Å². The molecule has 0 radical (unpaired) electrons. The Morgan fingerprint density at radius 2 is 1.90 bits per heavy atom. The Morgan fingerprint density at radius 1 is 1.25 bits per heavy atom. The molecular weight excluding hydrogens is 330 g/mol. The summed E-state index contributed by atoms with van der Waals surface area (Å²) in [5.41, 5.74) is 6.17. The molecule has 2 N–H and O–H groups in total. The highest BCUT2D eigenvalue weighted by molar-refractivity contribution is 9.10. The number of halogens is 3. The molecule has 0 bridgehead atoms. The number of carbonyl (C=O) groups is 1. The number of pyridine rings is 1. The minimum atomic E-state index is -0.742. The van der Waals surface area contributed by atoms with E-state index >= 15 is 0 Å². The highest BCUT2D eigenvalue weighted by Gasteiger charge is 2.20. The Labute approximate surface area is 123 Å². The number of nitrogens with two attached hydrogens (primary N) is 1. The van der Waals surface area contributed by atoms with E-state index < -0.39 is 23.5 Å². The molecule has 1 aromatic carbocycles. The maximum atomic E-state index is 13.2. The van der Waals surface area contributed by atoms with Crippen LogP contribution in [0.4, 0.5) is 8.78 Å². The van der Waals surface area contributed by atoms with E-state index in [0.29, 0.717) is 11.3 Å². The van der Waals surface area contributed by atoms with Gasteiger partial charge < -0.3 is 5.73 Å². The molecule has 0 fully saturated rings. The fraction of sp³-hybridized carbons (Fsp3) is 0.143. The second kappa shape index (κ2) is 6.09. The normalized spacial score (nSPS) is 12.2. The first-order chi connectivity index (χ1) is 9.45. The summed E-state index contributed by atoms with van der Waals surface area (Å²) in [6, 6.07) is 6.50. The number of benzene rings is 1. The van der Waals surface area contributed by atoms with E-state index in [4.69, 9.17) is 5.73 Å². The molecule has 6 heteroatoms.